The SMILES string of the molecule is CCN(CCCN)S(=O)(=O)Cc1ccccc1. The first kappa shape index (κ1) is 14.2. The van der Waals surface area contributed by atoms with Gasteiger partial charge in [0.05, 0.1) is 5.75 Å². The fourth-order valence-corrected chi connectivity index (χ4v) is 3.23. The van der Waals surface area contributed by atoms with Crippen LogP contribution in [0.4, 0.5) is 0 Å². The molecule has 1 rings (SSSR count). The molecule has 0 aliphatic heterocycles. The molecule has 0 saturated heterocycles. The Labute approximate surface area is 103 Å². The van der Waals surface area contributed by atoms with Crippen LogP contribution in [0.3, 0.4) is 0 Å². The van der Waals surface area contributed by atoms with Gasteiger partial charge in [0.2, 0.25) is 10.0 Å². The quantitative estimate of drug-likeness (QED) is 0.797. The molecule has 1 aromatic rings. The van der Waals surface area contributed by atoms with Gasteiger partial charge in [0, 0.05) is 13.1 Å². The Bertz CT molecular complexity index is 417. The largest absolute Gasteiger partial charge is 0.330 e. The Balaban J connectivity index is 2.72. The Kier molecular flexibility index (Phi) is 5.61. The minimum absolute atomic E-state index is 0.0618. The van der Waals surface area contributed by atoms with E-state index < -0.39 is 10.0 Å². The predicted octanol–water partition coefficient (Wildman–Crippen LogP) is 1.19. The minimum atomic E-state index is -3.22. The van der Waals surface area contributed by atoms with Crippen molar-refractivity contribution in [2.45, 2.75) is 19.1 Å². The molecule has 0 amide bonds. The lowest BCUT2D eigenvalue weighted by Gasteiger charge is -2.20. The number of nitrogens with two attached hydrogens (primary N) is 1. The second-order valence-corrected chi connectivity index (χ2v) is 5.84. The number of nitrogens with zero attached hydrogens (tertiary/aromatic N) is 1. The average molecular weight is 256 g/mol. The van der Waals surface area contributed by atoms with Crippen LogP contribution < -0.4 is 5.73 Å². The molecule has 0 saturated carbocycles. The van der Waals surface area contributed by atoms with Gasteiger partial charge in [0.1, 0.15) is 0 Å². The van der Waals surface area contributed by atoms with Gasteiger partial charge < -0.3 is 5.73 Å². The van der Waals surface area contributed by atoms with E-state index in [9.17, 15) is 8.42 Å². The van der Waals surface area contributed by atoms with Gasteiger partial charge in [0.25, 0.3) is 0 Å². The molecular weight excluding hydrogens is 236 g/mol. The Hall–Kier alpha value is -0.910. The summed E-state index contributed by atoms with van der Waals surface area (Å²) in [6.07, 6.45) is 0.696. The highest BCUT2D eigenvalue weighted by Crippen LogP contribution is 2.10. The molecule has 2 N–H and O–H groups in total. The topological polar surface area (TPSA) is 63.4 Å². The van der Waals surface area contributed by atoms with Crippen molar-refractivity contribution in [2.75, 3.05) is 19.6 Å². The minimum Gasteiger partial charge on any atom is -0.330 e. The number of sulfonamides is 1. The van der Waals surface area contributed by atoms with Crippen LogP contribution in [0.25, 0.3) is 0 Å². The molecule has 96 valence electrons. The van der Waals surface area contributed by atoms with Gasteiger partial charge in [-0.15, -0.1) is 0 Å². The maximum atomic E-state index is 12.1. The molecule has 0 radical (unpaired) electrons. The zero-order chi connectivity index (χ0) is 12.7. The van der Waals surface area contributed by atoms with E-state index in [1.54, 1.807) is 0 Å². The molecule has 0 atom stereocenters. The van der Waals surface area contributed by atoms with Crippen molar-refractivity contribution in [3.05, 3.63) is 35.9 Å². The predicted molar refractivity (Wildman–Crippen MR) is 70.0 cm³/mol. The number of hydrogen-bond donors (Lipinski definition) is 1. The van der Waals surface area contributed by atoms with Crippen LogP contribution in [0.5, 0.6) is 0 Å². The summed E-state index contributed by atoms with van der Waals surface area (Å²) in [6.45, 7) is 3.35. The molecule has 0 aliphatic rings. The summed E-state index contributed by atoms with van der Waals surface area (Å²) in [4.78, 5) is 0. The fourth-order valence-electron chi connectivity index (χ4n) is 1.64. The summed E-state index contributed by atoms with van der Waals surface area (Å²) in [5.41, 5.74) is 6.22. The molecule has 0 unspecified atom stereocenters. The van der Waals surface area contributed by atoms with Crippen LogP contribution in [0.1, 0.15) is 18.9 Å². The van der Waals surface area contributed by atoms with Crippen LogP contribution in [0.2, 0.25) is 0 Å². The third kappa shape index (κ3) is 4.46. The van der Waals surface area contributed by atoms with Gasteiger partial charge >= 0.3 is 0 Å². The van der Waals surface area contributed by atoms with Gasteiger partial charge in [0.15, 0.2) is 0 Å². The van der Waals surface area contributed by atoms with Gasteiger partial charge in [-0.3, -0.25) is 0 Å². The molecule has 1 aromatic carbocycles. The van der Waals surface area contributed by atoms with E-state index in [4.69, 9.17) is 5.73 Å². The third-order valence-corrected chi connectivity index (χ3v) is 4.48. The van der Waals surface area contributed by atoms with Gasteiger partial charge in [-0.1, -0.05) is 37.3 Å². The van der Waals surface area contributed by atoms with Crippen molar-refractivity contribution in [2.24, 2.45) is 5.73 Å². The number of benzene rings is 1. The Morgan fingerprint density at radius 3 is 2.41 bits per heavy atom. The summed E-state index contributed by atoms with van der Waals surface area (Å²) in [7, 11) is -3.22. The molecule has 0 heterocycles. The van der Waals surface area contributed by atoms with Gasteiger partial charge in [-0.05, 0) is 18.5 Å². The summed E-state index contributed by atoms with van der Waals surface area (Å²) in [5.74, 6) is 0.0618. The summed E-state index contributed by atoms with van der Waals surface area (Å²) in [6, 6.07) is 9.23. The van der Waals surface area contributed by atoms with Crippen LogP contribution in [0.15, 0.2) is 30.3 Å². The fraction of sp³-hybridized carbons (Fsp3) is 0.500. The van der Waals surface area contributed by atoms with E-state index in [0.717, 1.165) is 5.56 Å². The summed E-state index contributed by atoms with van der Waals surface area (Å²) >= 11 is 0. The van der Waals surface area contributed by atoms with Gasteiger partial charge in [-0.2, -0.15) is 0 Å². The van der Waals surface area contributed by atoms with Crippen LogP contribution in [-0.2, 0) is 15.8 Å². The molecular formula is C12H20N2O2S. The van der Waals surface area contributed by atoms with Crippen molar-refractivity contribution >= 4 is 10.0 Å². The normalized spacial score (nSPS) is 11.9. The van der Waals surface area contributed by atoms with Crippen LogP contribution in [-0.4, -0.2) is 32.4 Å². The standard InChI is InChI=1S/C12H20N2O2S/c1-2-14(10-6-9-13)17(15,16)11-12-7-4-3-5-8-12/h3-5,7-8H,2,6,9-11,13H2,1H3. The molecule has 0 fully saturated rings. The first-order chi connectivity index (χ1) is 8.10. The van der Waals surface area contributed by atoms with E-state index >= 15 is 0 Å². The van der Waals surface area contributed by atoms with Crippen LogP contribution >= 0.6 is 0 Å². The second-order valence-electron chi connectivity index (χ2n) is 3.88. The lowest BCUT2D eigenvalue weighted by molar-refractivity contribution is 0.422. The smallest absolute Gasteiger partial charge is 0.218 e. The highest BCUT2D eigenvalue weighted by atomic mass is 32.2. The number of rotatable bonds is 7. The molecule has 5 heteroatoms. The highest BCUT2D eigenvalue weighted by Gasteiger charge is 2.19. The molecule has 17 heavy (non-hydrogen) atoms. The molecule has 0 aromatic heterocycles. The summed E-state index contributed by atoms with van der Waals surface area (Å²) < 4.78 is 25.7. The average Bonchev–Trinajstić information content (AvgIpc) is 2.30. The Morgan fingerprint density at radius 2 is 1.88 bits per heavy atom. The van der Waals surface area contributed by atoms with E-state index in [1.807, 2.05) is 37.3 Å². The lowest BCUT2D eigenvalue weighted by atomic mass is 10.2. The van der Waals surface area contributed by atoms with Gasteiger partial charge in [-0.25, -0.2) is 12.7 Å². The first-order valence-corrected chi connectivity index (χ1v) is 7.43. The van der Waals surface area contributed by atoms with Crippen molar-refractivity contribution in [3.8, 4) is 0 Å². The first-order valence-electron chi connectivity index (χ1n) is 5.82. The van der Waals surface area contributed by atoms with Crippen molar-refractivity contribution in [1.82, 2.24) is 4.31 Å². The summed E-state index contributed by atoms with van der Waals surface area (Å²) in [5, 5.41) is 0. The van der Waals surface area contributed by atoms with Crippen LogP contribution in [0, 0.1) is 0 Å². The Morgan fingerprint density at radius 1 is 1.24 bits per heavy atom. The molecule has 0 aliphatic carbocycles. The third-order valence-electron chi connectivity index (χ3n) is 2.55. The van der Waals surface area contributed by atoms with Crippen molar-refractivity contribution in [3.63, 3.8) is 0 Å². The van der Waals surface area contributed by atoms with E-state index in [2.05, 4.69) is 0 Å². The maximum Gasteiger partial charge on any atom is 0.218 e. The molecule has 0 spiro atoms. The zero-order valence-corrected chi connectivity index (χ0v) is 11.0. The number of hydrogen-bond acceptors (Lipinski definition) is 3. The van der Waals surface area contributed by atoms with E-state index in [-0.39, 0.29) is 5.75 Å². The molecule has 0 bridgehead atoms. The highest BCUT2D eigenvalue weighted by molar-refractivity contribution is 7.88. The van der Waals surface area contributed by atoms with E-state index in [1.165, 1.54) is 4.31 Å². The van der Waals surface area contributed by atoms with Crippen molar-refractivity contribution in [1.29, 1.82) is 0 Å². The second kappa shape index (κ2) is 6.74. The maximum absolute atomic E-state index is 12.1. The zero-order valence-electron chi connectivity index (χ0n) is 10.2. The monoisotopic (exact) mass is 256 g/mol. The van der Waals surface area contributed by atoms with E-state index in [0.29, 0.717) is 26.1 Å². The van der Waals surface area contributed by atoms with Crippen molar-refractivity contribution < 1.29 is 8.42 Å². The lowest BCUT2D eigenvalue weighted by Crippen LogP contribution is -2.33. The molecule has 4 nitrogen and oxygen atoms in total.